The highest BCUT2D eigenvalue weighted by molar-refractivity contribution is 7.07. The molecule has 0 aromatic carbocycles. The van der Waals surface area contributed by atoms with E-state index in [4.69, 9.17) is 4.74 Å². The largest absolute Gasteiger partial charge is 0.369 e. The Hall–Kier alpha value is -1.99. The predicted octanol–water partition coefficient (Wildman–Crippen LogP) is 2.26. The molecular weight excluding hydrogens is 348 g/mol. The van der Waals surface area contributed by atoms with Crippen molar-refractivity contribution in [2.24, 2.45) is 11.8 Å². The number of hydrogen-bond donors (Lipinski definition) is 1. The molecule has 1 spiro atoms. The second kappa shape index (κ2) is 6.03. The molecule has 1 amide bonds. The summed E-state index contributed by atoms with van der Waals surface area (Å²) in [5.41, 5.74) is 4.41. The molecule has 0 saturated carbocycles. The summed E-state index contributed by atoms with van der Waals surface area (Å²) < 4.78 is 6.48. The second-order valence-electron chi connectivity index (χ2n) is 7.65. The van der Waals surface area contributed by atoms with Gasteiger partial charge in [-0.2, -0.15) is 0 Å². The Kier molecular flexibility index (Phi) is 3.76. The number of rotatable bonds is 4. The first-order chi connectivity index (χ1) is 12.6. The van der Waals surface area contributed by atoms with Crippen molar-refractivity contribution in [3.8, 4) is 0 Å². The molecular formula is C19H22N4O2S. The molecule has 5 rings (SSSR count). The average Bonchev–Trinajstić information content (AvgIpc) is 3.39. The van der Waals surface area contributed by atoms with Crippen molar-refractivity contribution < 1.29 is 9.53 Å². The van der Waals surface area contributed by atoms with Crippen LogP contribution >= 0.6 is 11.3 Å². The van der Waals surface area contributed by atoms with Gasteiger partial charge in [-0.3, -0.25) is 9.78 Å². The third kappa shape index (κ3) is 2.53. The molecule has 26 heavy (non-hydrogen) atoms. The van der Waals surface area contributed by atoms with E-state index < -0.39 is 0 Å². The van der Waals surface area contributed by atoms with E-state index >= 15 is 0 Å². The lowest BCUT2D eigenvalue weighted by Gasteiger charge is -2.29. The van der Waals surface area contributed by atoms with E-state index in [1.165, 1.54) is 17.0 Å². The van der Waals surface area contributed by atoms with Crippen LogP contribution in [0.2, 0.25) is 0 Å². The van der Waals surface area contributed by atoms with Gasteiger partial charge in [-0.25, -0.2) is 4.98 Å². The minimum atomic E-state index is -0.0808. The Labute approximate surface area is 156 Å². The molecule has 5 heterocycles. The third-order valence-electron chi connectivity index (χ3n) is 6.19. The number of nitrogens with zero attached hydrogens (tertiary/aromatic N) is 3. The maximum absolute atomic E-state index is 12.3. The van der Waals surface area contributed by atoms with E-state index in [2.05, 4.69) is 32.3 Å². The van der Waals surface area contributed by atoms with Crippen molar-refractivity contribution in [3.05, 3.63) is 40.6 Å². The summed E-state index contributed by atoms with van der Waals surface area (Å²) in [5, 5.41) is 4.87. The zero-order valence-electron chi connectivity index (χ0n) is 14.7. The third-order valence-corrected chi connectivity index (χ3v) is 6.78. The fraction of sp³-hybridized carbons (Fsp3) is 0.526. The van der Waals surface area contributed by atoms with Crippen LogP contribution in [0.4, 0.5) is 5.69 Å². The lowest BCUT2D eigenvalue weighted by molar-refractivity contribution is 0.0141. The first-order valence-electron chi connectivity index (χ1n) is 9.16. The number of aromatic nitrogens is 2. The molecule has 3 aliphatic rings. The monoisotopic (exact) mass is 370 g/mol. The van der Waals surface area contributed by atoms with Gasteiger partial charge in [-0.15, -0.1) is 11.3 Å². The van der Waals surface area contributed by atoms with Gasteiger partial charge in [-0.1, -0.05) is 0 Å². The molecule has 0 aliphatic carbocycles. The highest BCUT2D eigenvalue weighted by Crippen LogP contribution is 2.55. The summed E-state index contributed by atoms with van der Waals surface area (Å²) in [6.07, 6.45) is 4.37. The van der Waals surface area contributed by atoms with Crippen molar-refractivity contribution in [1.29, 1.82) is 0 Å². The number of pyridine rings is 1. The summed E-state index contributed by atoms with van der Waals surface area (Å²) in [6.45, 7) is 4.61. The quantitative estimate of drug-likeness (QED) is 0.894. The number of amides is 1. The molecule has 3 fully saturated rings. The van der Waals surface area contributed by atoms with Crippen LogP contribution in [0.3, 0.4) is 0 Å². The van der Waals surface area contributed by atoms with E-state index in [0.717, 1.165) is 31.6 Å². The molecule has 6 nitrogen and oxygen atoms in total. The van der Waals surface area contributed by atoms with Gasteiger partial charge in [0, 0.05) is 54.4 Å². The molecule has 2 bridgehead atoms. The van der Waals surface area contributed by atoms with Crippen LogP contribution in [-0.2, 0) is 4.74 Å². The Bertz CT molecular complexity index is 827. The summed E-state index contributed by atoms with van der Waals surface area (Å²) in [4.78, 5) is 23.1. The fourth-order valence-corrected chi connectivity index (χ4v) is 5.55. The first-order valence-corrected chi connectivity index (χ1v) is 10.1. The van der Waals surface area contributed by atoms with Crippen LogP contribution in [0.1, 0.15) is 29.0 Å². The Morgan fingerprint density at radius 1 is 1.50 bits per heavy atom. The van der Waals surface area contributed by atoms with E-state index in [-0.39, 0.29) is 17.6 Å². The van der Waals surface area contributed by atoms with Crippen molar-refractivity contribution in [3.63, 3.8) is 0 Å². The van der Waals surface area contributed by atoms with Crippen molar-refractivity contribution >= 4 is 22.9 Å². The molecule has 3 saturated heterocycles. The van der Waals surface area contributed by atoms with E-state index in [1.807, 2.05) is 13.1 Å². The summed E-state index contributed by atoms with van der Waals surface area (Å²) in [7, 11) is 0. The van der Waals surface area contributed by atoms with E-state index in [0.29, 0.717) is 24.1 Å². The number of thiazole rings is 1. The minimum absolute atomic E-state index is 0.0438. The summed E-state index contributed by atoms with van der Waals surface area (Å²) in [5.74, 6) is 0.757. The second-order valence-corrected chi connectivity index (χ2v) is 8.37. The predicted molar refractivity (Wildman–Crippen MR) is 99.5 cm³/mol. The highest BCUT2D eigenvalue weighted by atomic mass is 32.1. The number of carbonyl (C=O) groups excluding carboxylic acids is 1. The van der Waals surface area contributed by atoms with Crippen LogP contribution in [0, 0.1) is 18.8 Å². The lowest BCUT2D eigenvalue weighted by Crippen LogP contribution is -2.42. The van der Waals surface area contributed by atoms with Gasteiger partial charge in [0.15, 0.2) is 0 Å². The number of carbonyl (C=O) groups is 1. The molecule has 4 atom stereocenters. The van der Waals surface area contributed by atoms with Gasteiger partial charge in [0.2, 0.25) is 0 Å². The van der Waals surface area contributed by atoms with Crippen LogP contribution in [0.5, 0.6) is 0 Å². The molecule has 136 valence electrons. The summed E-state index contributed by atoms with van der Waals surface area (Å²) >= 11 is 1.44. The zero-order chi connectivity index (χ0) is 17.7. The van der Waals surface area contributed by atoms with Crippen LogP contribution in [0.15, 0.2) is 29.2 Å². The Balaban J connectivity index is 1.31. The van der Waals surface area contributed by atoms with Crippen molar-refractivity contribution in [2.75, 3.05) is 24.5 Å². The van der Waals surface area contributed by atoms with Crippen LogP contribution in [-0.4, -0.2) is 47.2 Å². The smallest absolute Gasteiger partial charge is 0.270 e. The molecule has 0 radical (unpaired) electrons. The molecule has 2 aromatic rings. The number of fused-ring (bicyclic) bond motifs is 1. The van der Waals surface area contributed by atoms with E-state index in [1.54, 1.807) is 10.9 Å². The standard InChI is InChI=1S/C19H22N4O2S/c1-12-6-13(3-5-20-12)23-8-15-14(17-2-4-19(15,10-23)25-17)7-21-18(24)16-9-26-11-22-16/h3,5-6,9,11,14-15,17H,2,4,7-8,10H2,1H3,(H,21,24)/t14-,15+,17+,19+/m0/s1. The summed E-state index contributed by atoms with van der Waals surface area (Å²) in [6, 6.07) is 4.22. The van der Waals surface area contributed by atoms with Gasteiger partial charge < -0.3 is 15.0 Å². The van der Waals surface area contributed by atoms with Gasteiger partial charge in [0.05, 0.1) is 17.2 Å². The van der Waals surface area contributed by atoms with Gasteiger partial charge in [-0.05, 0) is 31.9 Å². The number of anilines is 1. The van der Waals surface area contributed by atoms with E-state index in [9.17, 15) is 4.79 Å². The highest BCUT2D eigenvalue weighted by Gasteiger charge is 2.62. The van der Waals surface area contributed by atoms with Gasteiger partial charge >= 0.3 is 0 Å². The molecule has 0 unspecified atom stereocenters. The number of nitrogens with one attached hydrogen (secondary N) is 1. The molecule has 3 aliphatic heterocycles. The minimum Gasteiger partial charge on any atom is -0.369 e. The van der Waals surface area contributed by atoms with Crippen molar-refractivity contribution in [1.82, 2.24) is 15.3 Å². The first kappa shape index (κ1) is 16.2. The zero-order valence-corrected chi connectivity index (χ0v) is 15.5. The van der Waals surface area contributed by atoms with Crippen LogP contribution < -0.4 is 10.2 Å². The average molecular weight is 370 g/mol. The number of ether oxygens (including phenoxy) is 1. The Morgan fingerprint density at radius 2 is 2.42 bits per heavy atom. The van der Waals surface area contributed by atoms with Crippen molar-refractivity contribution in [2.45, 2.75) is 31.5 Å². The number of hydrogen-bond acceptors (Lipinski definition) is 6. The maximum Gasteiger partial charge on any atom is 0.270 e. The Morgan fingerprint density at radius 3 is 3.23 bits per heavy atom. The molecule has 2 aromatic heterocycles. The van der Waals surface area contributed by atoms with Crippen LogP contribution in [0.25, 0.3) is 0 Å². The number of aryl methyl sites for hydroxylation is 1. The molecule has 7 heteroatoms. The van der Waals surface area contributed by atoms with Gasteiger partial charge in [0.25, 0.3) is 5.91 Å². The fourth-order valence-electron chi connectivity index (χ4n) is 5.01. The molecule has 1 N–H and O–H groups in total. The normalized spacial score (nSPS) is 32.0. The van der Waals surface area contributed by atoms with Gasteiger partial charge in [0.1, 0.15) is 5.69 Å². The SMILES string of the molecule is Cc1cc(N2C[C@@H]3[C@H](CNC(=O)c4cscn4)[C@H]4CC[C@]3(C2)O4)ccn1. The maximum atomic E-state index is 12.3. The lowest BCUT2D eigenvalue weighted by atomic mass is 9.73. The topological polar surface area (TPSA) is 67.4 Å².